The van der Waals surface area contributed by atoms with Gasteiger partial charge in [-0.05, 0) is 38.3 Å². The van der Waals surface area contributed by atoms with Crippen LogP contribution in [0.3, 0.4) is 0 Å². The van der Waals surface area contributed by atoms with E-state index in [-0.39, 0.29) is 23.1 Å². The maximum Gasteiger partial charge on any atom is 0.340 e. The predicted octanol–water partition coefficient (Wildman–Crippen LogP) is 2.57. The van der Waals surface area contributed by atoms with Crippen molar-refractivity contribution in [3.8, 4) is 0 Å². The molecular weight excluding hydrogens is 247 g/mol. The maximum atomic E-state index is 14.1. The number of hydrogen-bond donors (Lipinski definition) is 1. The molecule has 0 amide bonds. The normalized spacial score (nSPS) is 19.3. The SMILES string of the molecule is COC(=O)c1cc(N2CCCCC2C)c(F)cc1N. The number of nitrogens with two attached hydrogens (primary N) is 1. The fourth-order valence-electron chi connectivity index (χ4n) is 2.54. The van der Waals surface area contributed by atoms with E-state index in [2.05, 4.69) is 11.7 Å². The van der Waals surface area contributed by atoms with Gasteiger partial charge in [-0.1, -0.05) is 0 Å². The molecule has 0 saturated carbocycles. The summed E-state index contributed by atoms with van der Waals surface area (Å²) in [4.78, 5) is 13.6. The van der Waals surface area contributed by atoms with Gasteiger partial charge in [0.2, 0.25) is 0 Å². The molecule has 0 spiro atoms. The van der Waals surface area contributed by atoms with Crippen molar-refractivity contribution in [1.82, 2.24) is 0 Å². The second kappa shape index (κ2) is 5.47. The molecule has 104 valence electrons. The highest BCUT2D eigenvalue weighted by atomic mass is 19.1. The van der Waals surface area contributed by atoms with Gasteiger partial charge >= 0.3 is 5.97 Å². The van der Waals surface area contributed by atoms with Crippen LogP contribution < -0.4 is 10.6 Å². The van der Waals surface area contributed by atoms with Gasteiger partial charge in [0.05, 0.1) is 18.4 Å². The third-order valence-electron chi connectivity index (χ3n) is 3.64. The topological polar surface area (TPSA) is 55.6 Å². The van der Waals surface area contributed by atoms with Crippen LogP contribution in [0.4, 0.5) is 15.8 Å². The quantitative estimate of drug-likeness (QED) is 0.660. The Bertz CT molecular complexity index is 491. The van der Waals surface area contributed by atoms with Crippen LogP contribution in [0.1, 0.15) is 36.5 Å². The van der Waals surface area contributed by atoms with Gasteiger partial charge in [-0.15, -0.1) is 0 Å². The summed E-state index contributed by atoms with van der Waals surface area (Å²) in [5, 5.41) is 0. The molecule has 5 heteroatoms. The van der Waals surface area contributed by atoms with Crippen molar-refractivity contribution in [2.75, 3.05) is 24.3 Å². The second-order valence-corrected chi connectivity index (χ2v) is 4.92. The van der Waals surface area contributed by atoms with Crippen LogP contribution in [-0.2, 0) is 4.74 Å². The van der Waals surface area contributed by atoms with Crippen molar-refractivity contribution in [2.24, 2.45) is 0 Å². The first-order chi connectivity index (χ1) is 9.04. The first kappa shape index (κ1) is 13.6. The number of ether oxygens (including phenoxy) is 1. The zero-order valence-corrected chi connectivity index (χ0v) is 11.3. The highest BCUT2D eigenvalue weighted by Crippen LogP contribution is 2.30. The molecule has 19 heavy (non-hydrogen) atoms. The maximum absolute atomic E-state index is 14.1. The van der Waals surface area contributed by atoms with Crippen LogP contribution >= 0.6 is 0 Å². The summed E-state index contributed by atoms with van der Waals surface area (Å²) in [5.74, 6) is -0.928. The smallest absolute Gasteiger partial charge is 0.340 e. The lowest BCUT2D eigenvalue weighted by molar-refractivity contribution is 0.0602. The first-order valence-corrected chi connectivity index (χ1v) is 6.48. The van der Waals surface area contributed by atoms with Crippen LogP contribution in [-0.4, -0.2) is 25.7 Å². The molecule has 1 fully saturated rings. The first-order valence-electron chi connectivity index (χ1n) is 6.48. The number of rotatable bonds is 2. The number of esters is 1. The number of anilines is 2. The minimum atomic E-state index is -0.539. The second-order valence-electron chi connectivity index (χ2n) is 4.92. The Hall–Kier alpha value is -1.78. The van der Waals surface area contributed by atoms with Crippen LogP contribution in [0.2, 0.25) is 0 Å². The lowest BCUT2D eigenvalue weighted by atomic mass is 10.0. The van der Waals surface area contributed by atoms with Gasteiger partial charge in [-0.25, -0.2) is 9.18 Å². The van der Waals surface area contributed by atoms with Crippen LogP contribution in [0, 0.1) is 5.82 Å². The number of hydrogen-bond acceptors (Lipinski definition) is 4. The van der Waals surface area contributed by atoms with E-state index < -0.39 is 5.97 Å². The molecule has 0 radical (unpaired) electrons. The van der Waals surface area contributed by atoms with Gasteiger partial charge in [0, 0.05) is 18.3 Å². The van der Waals surface area contributed by atoms with Crippen molar-refractivity contribution >= 4 is 17.3 Å². The molecule has 0 aliphatic carbocycles. The number of carbonyl (C=O) groups excluding carboxylic acids is 1. The Kier molecular flexibility index (Phi) is 3.93. The number of piperidine rings is 1. The summed E-state index contributed by atoms with van der Waals surface area (Å²) in [6, 6.07) is 2.96. The van der Waals surface area contributed by atoms with E-state index in [4.69, 9.17) is 5.73 Å². The number of benzene rings is 1. The van der Waals surface area contributed by atoms with E-state index in [9.17, 15) is 9.18 Å². The van der Waals surface area contributed by atoms with Gasteiger partial charge in [0.15, 0.2) is 0 Å². The van der Waals surface area contributed by atoms with Gasteiger partial charge < -0.3 is 15.4 Å². The molecule has 1 heterocycles. The summed E-state index contributed by atoms with van der Waals surface area (Å²) in [5.41, 5.74) is 6.43. The molecule has 1 aliphatic heterocycles. The van der Waals surface area contributed by atoms with Crippen LogP contribution in [0.25, 0.3) is 0 Å². The fraction of sp³-hybridized carbons (Fsp3) is 0.500. The average Bonchev–Trinajstić information content (AvgIpc) is 2.39. The number of methoxy groups -OCH3 is 1. The average molecular weight is 266 g/mol. The van der Waals surface area contributed by atoms with E-state index in [0.717, 1.165) is 25.8 Å². The van der Waals surface area contributed by atoms with Crippen LogP contribution in [0.15, 0.2) is 12.1 Å². The Morgan fingerprint density at radius 2 is 2.21 bits per heavy atom. The van der Waals surface area contributed by atoms with Gasteiger partial charge in [-0.3, -0.25) is 0 Å². The molecule has 2 N–H and O–H groups in total. The Labute approximate surface area is 112 Å². The molecule has 1 atom stereocenters. The molecule has 1 aromatic rings. The van der Waals surface area contributed by atoms with E-state index in [0.29, 0.717) is 5.69 Å². The van der Waals surface area contributed by atoms with Crippen molar-refractivity contribution < 1.29 is 13.9 Å². The fourth-order valence-corrected chi connectivity index (χ4v) is 2.54. The zero-order valence-electron chi connectivity index (χ0n) is 11.3. The number of nitrogen functional groups attached to an aromatic ring is 1. The lowest BCUT2D eigenvalue weighted by Gasteiger charge is -2.35. The summed E-state index contributed by atoms with van der Waals surface area (Å²) < 4.78 is 18.7. The van der Waals surface area contributed by atoms with Crippen molar-refractivity contribution in [2.45, 2.75) is 32.2 Å². The monoisotopic (exact) mass is 266 g/mol. The zero-order chi connectivity index (χ0) is 14.0. The third kappa shape index (κ3) is 2.64. The molecule has 4 nitrogen and oxygen atoms in total. The third-order valence-corrected chi connectivity index (χ3v) is 3.64. The molecule has 1 unspecified atom stereocenters. The molecule has 1 aliphatic rings. The minimum Gasteiger partial charge on any atom is -0.465 e. The molecule has 0 aromatic heterocycles. The van der Waals surface area contributed by atoms with Gasteiger partial charge in [0.25, 0.3) is 0 Å². The summed E-state index contributed by atoms with van der Waals surface area (Å²) in [6.45, 7) is 2.86. The largest absolute Gasteiger partial charge is 0.465 e. The van der Waals surface area contributed by atoms with E-state index in [1.54, 1.807) is 0 Å². The van der Waals surface area contributed by atoms with Gasteiger partial charge in [0.1, 0.15) is 5.82 Å². The molecule has 2 rings (SSSR count). The summed E-state index contributed by atoms with van der Waals surface area (Å²) in [7, 11) is 1.29. The predicted molar refractivity (Wildman–Crippen MR) is 72.8 cm³/mol. The lowest BCUT2D eigenvalue weighted by Crippen LogP contribution is -2.38. The molecule has 0 bridgehead atoms. The highest BCUT2D eigenvalue weighted by Gasteiger charge is 2.23. The van der Waals surface area contributed by atoms with E-state index in [1.165, 1.54) is 19.2 Å². The molecule has 1 saturated heterocycles. The minimum absolute atomic E-state index is 0.109. The van der Waals surface area contributed by atoms with Crippen molar-refractivity contribution in [1.29, 1.82) is 0 Å². The number of halogens is 1. The Morgan fingerprint density at radius 3 is 2.84 bits per heavy atom. The summed E-state index contributed by atoms with van der Waals surface area (Å²) >= 11 is 0. The van der Waals surface area contributed by atoms with Crippen molar-refractivity contribution in [3.63, 3.8) is 0 Å². The van der Waals surface area contributed by atoms with Gasteiger partial charge in [-0.2, -0.15) is 0 Å². The van der Waals surface area contributed by atoms with Crippen molar-refractivity contribution in [3.05, 3.63) is 23.5 Å². The molecule has 1 aromatic carbocycles. The summed E-state index contributed by atoms with van der Waals surface area (Å²) in [6.07, 6.45) is 3.21. The number of nitrogens with zero attached hydrogens (tertiary/aromatic N) is 1. The number of carbonyl (C=O) groups is 1. The van der Waals surface area contributed by atoms with Crippen LogP contribution in [0.5, 0.6) is 0 Å². The van der Waals surface area contributed by atoms with E-state index in [1.807, 2.05) is 4.90 Å². The Morgan fingerprint density at radius 1 is 1.47 bits per heavy atom. The standard InChI is InChI=1S/C14H19FN2O2/c1-9-5-3-4-6-17(9)13-7-10(14(18)19-2)12(16)8-11(13)15/h7-9H,3-6,16H2,1-2H3. The van der Waals surface area contributed by atoms with E-state index >= 15 is 0 Å². The Balaban J connectivity index is 2.42. The highest BCUT2D eigenvalue weighted by molar-refractivity contribution is 5.96. The molecular formula is C14H19FN2O2.